The van der Waals surface area contributed by atoms with Crippen LogP contribution >= 0.6 is 0 Å². The molecule has 0 spiro atoms. The zero-order valence-corrected chi connectivity index (χ0v) is 11.0. The molecule has 7 heteroatoms. The van der Waals surface area contributed by atoms with E-state index in [0.717, 1.165) is 0 Å². The molecule has 0 radical (unpaired) electrons. The number of rotatable bonds is 2. The number of hydrogen-bond donors (Lipinski definition) is 0. The van der Waals surface area contributed by atoms with Gasteiger partial charge in [-0.05, 0) is 0 Å². The molecule has 0 aliphatic rings. The van der Waals surface area contributed by atoms with Crippen LogP contribution in [0.15, 0.2) is 0 Å². The molecule has 83 valence electrons. The zero-order valence-electron chi connectivity index (χ0n) is 7.96. The maximum atomic E-state index is 8.52. The van der Waals surface area contributed by atoms with Crippen LogP contribution in [0.1, 0.15) is 27.7 Å². The third-order valence-electron chi connectivity index (χ3n) is 0.923. The summed E-state index contributed by atoms with van der Waals surface area (Å²) < 4.78 is 36.4. The SMILES string of the molecule is CC(C)[N]([Pt+2])C(C)C.O=S(=O)([O-])[O-]. The molecule has 0 unspecified atom stereocenters. The van der Waals surface area contributed by atoms with Crippen molar-refractivity contribution in [3.63, 3.8) is 0 Å². The fourth-order valence-corrected chi connectivity index (χ4v) is 0.596. The summed E-state index contributed by atoms with van der Waals surface area (Å²) in [4.78, 5) is 0. The monoisotopic (exact) mass is 391 g/mol. The van der Waals surface area contributed by atoms with Gasteiger partial charge in [0.15, 0.2) is 0 Å². The topological polar surface area (TPSA) is 83.5 Å². The Balaban J connectivity index is 0. The average molecular weight is 391 g/mol. The molecule has 0 aliphatic carbocycles. The van der Waals surface area contributed by atoms with E-state index in [0.29, 0.717) is 12.1 Å². The second-order valence-electron chi connectivity index (χ2n) is 2.91. The van der Waals surface area contributed by atoms with Gasteiger partial charge in [-0.15, -0.1) is 0 Å². The van der Waals surface area contributed by atoms with Crippen molar-refractivity contribution in [2.45, 2.75) is 39.8 Å². The number of hydrogen-bond acceptors (Lipinski definition) is 5. The molecule has 0 aromatic heterocycles. The molecule has 0 saturated carbocycles. The third-order valence-corrected chi connectivity index (χ3v) is 3.27. The molecule has 5 nitrogen and oxygen atoms in total. The Labute approximate surface area is 91.3 Å². The quantitative estimate of drug-likeness (QED) is 0.497. The normalized spacial score (nSPS) is 11.8. The summed E-state index contributed by atoms with van der Waals surface area (Å²) in [5.41, 5.74) is 0. The smallest absolute Gasteiger partial charge is 0.0311 e. The van der Waals surface area contributed by atoms with E-state index in [2.05, 4.69) is 51.2 Å². The number of nitrogens with zero attached hydrogens (tertiary/aromatic N) is 1. The molecule has 0 rings (SSSR count). The van der Waals surface area contributed by atoms with Gasteiger partial charge in [-0.2, -0.15) is 0 Å². The molecule has 0 aromatic rings. The Morgan fingerprint density at radius 3 is 1.23 bits per heavy atom. The van der Waals surface area contributed by atoms with Crippen LogP contribution in [0.5, 0.6) is 0 Å². The van der Waals surface area contributed by atoms with Gasteiger partial charge in [0.25, 0.3) is 0 Å². The van der Waals surface area contributed by atoms with Crippen molar-refractivity contribution in [1.82, 2.24) is 3.46 Å². The largest absolute Gasteiger partial charge is 0.759 e. The molecule has 0 aromatic carbocycles. The van der Waals surface area contributed by atoms with Gasteiger partial charge < -0.3 is 9.11 Å². The van der Waals surface area contributed by atoms with Gasteiger partial charge in [0.05, 0.1) is 0 Å². The van der Waals surface area contributed by atoms with Crippen LogP contribution in [0.25, 0.3) is 0 Å². The Morgan fingerprint density at radius 2 is 1.23 bits per heavy atom. The predicted molar refractivity (Wildman–Crippen MR) is 42.6 cm³/mol. The van der Waals surface area contributed by atoms with Gasteiger partial charge in [-0.3, -0.25) is 8.42 Å². The van der Waals surface area contributed by atoms with Crippen LogP contribution in [0, 0.1) is 0 Å². The Morgan fingerprint density at radius 1 is 1.08 bits per heavy atom. The first-order valence-electron chi connectivity index (χ1n) is 3.63. The summed E-state index contributed by atoms with van der Waals surface area (Å²) in [6, 6.07) is 1.33. The van der Waals surface area contributed by atoms with Crippen LogP contribution in [0.4, 0.5) is 0 Å². The fourth-order valence-electron chi connectivity index (χ4n) is 0.596. The van der Waals surface area contributed by atoms with Gasteiger partial charge in [0, 0.05) is 10.4 Å². The summed E-state index contributed by atoms with van der Waals surface area (Å²) in [6.45, 7) is 8.81. The van der Waals surface area contributed by atoms with E-state index in [4.69, 9.17) is 17.5 Å². The molecule has 0 heterocycles. The average Bonchev–Trinajstić information content (AvgIpc) is 1.81. The van der Waals surface area contributed by atoms with Crippen LogP contribution in [0.3, 0.4) is 0 Å². The summed E-state index contributed by atoms with van der Waals surface area (Å²) >= 11 is 2.34. The molecule has 0 saturated heterocycles. The zero-order chi connectivity index (χ0) is 11.2. The van der Waals surface area contributed by atoms with Crippen molar-refractivity contribution in [3.8, 4) is 0 Å². The second kappa shape index (κ2) is 6.90. The molecule has 0 amide bonds. The first kappa shape index (κ1) is 16.0. The third kappa shape index (κ3) is 19.1. The first-order chi connectivity index (χ1) is 5.55. The van der Waals surface area contributed by atoms with Crippen molar-refractivity contribution >= 4 is 10.4 Å². The maximum absolute atomic E-state index is 8.52. The van der Waals surface area contributed by atoms with Crippen LogP contribution < -0.4 is 0 Å². The van der Waals surface area contributed by atoms with E-state index in [-0.39, 0.29) is 0 Å². The molecule has 13 heavy (non-hydrogen) atoms. The van der Waals surface area contributed by atoms with Crippen molar-refractivity contribution in [2.24, 2.45) is 0 Å². The summed E-state index contributed by atoms with van der Waals surface area (Å²) in [6.07, 6.45) is 0. The van der Waals surface area contributed by atoms with E-state index < -0.39 is 10.4 Å². The van der Waals surface area contributed by atoms with E-state index in [1.54, 1.807) is 0 Å². The molecule has 0 N–H and O–H groups in total. The first-order valence-corrected chi connectivity index (χ1v) is 5.98. The minimum atomic E-state index is -5.17. The fraction of sp³-hybridized carbons (Fsp3) is 1.00. The van der Waals surface area contributed by atoms with Gasteiger partial charge in [-0.25, -0.2) is 0 Å². The minimum absolute atomic E-state index is 0.664. The Bertz CT molecular complexity index is 199. The second-order valence-corrected chi connectivity index (χ2v) is 4.90. The van der Waals surface area contributed by atoms with Gasteiger partial charge in [0.1, 0.15) is 0 Å². The molecule has 0 atom stereocenters. The maximum Gasteiger partial charge on any atom is 0.0311 e. The van der Waals surface area contributed by atoms with Gasteiger partial charge >= 0.3 is 63.3 Å². The molecule has 0 fully saturated rings. The Hall–Kier alpha value is 0.518. The van der Waals surface area contributed by atoms with Gasteiger partial charge in [0.2, 0.25) is 0 Å². The van der Waals surface area contributed by atoms with Crippen molar-refractivity contribution < 1.29 is 37.6 Å². The van der Waals surface area contributed by atoms with E-state index in [9.17, 15) is 0 Å². The van der Waals surface area contributed by atoms with E-state index >= 15 is 0 Å². The van der Waals surface area contributed by atoms with Crippen molar-refractivity contribution in [1.29, 1.82) is 0 Å². The van der Waals surface area contributed by atoms with E-state index in [1.807, 2.05) is 0 Å². The van der Waals surface area contributed by atoms with Crippen molar-refractivity contribution in [3.05, 3.63) is 0 Å². The van der Waals surface area contributed by atoms with E-state index in [1.165, 1.54) is 0 Å². The summed E-state index contributed by atoms with van der Waals surface area (Å²) in [7, 11) is -5.17. The Kier molecular flexibility index (Phi) is 8.47. The standard InChI is InChI=1S/C6H14N.H2O4S.Pt/c1-5(2)7-6(3)4;1-5(2,3)4;/h5-6H,1-4H3;(H2,1,2,3,4);/q-1;;+3/p-2. The van der Waals surface area contributed by atoms with Crippen molar-refractivity contribution in [2.75, 3.05) is 0 Å². The van der Waals surface area contributed by atoms with Crippen LogP contribution in [-0.4, -0.2) is 33.1 Å². The predicted octanol–water partition coefficient (Wildman–Crippen LogP) is 0.229. The van der Waals surface area contributed by atoms with Gasteiger partial charge in [-0.1, -0.05) is 0 Å². The molecule has 0 bridgehead atoms. The summed E-state index contributed by atoms with van der Waals surface area (Å²) in [5.74, 6) is 0. The van der Waals surface area contributed by atoms with Crippen LogP contribution in [0.2, 0.25) is 0 Å². The van der Waals surface area contributed by atoms with Crippen LogP contribution in [-0.2, 0) is 30.5 Å². The molecule has 0 aliphatic heterocycles. The molecular weight excluding hydrogens is 377 g/mol. The summed E-state index contributed by atoms with van der Waals surface area (Å²) in [5, 5.41) is 0. The molecular formula is C6H14NO4PtS. The minimum Gasteiger partial charge on any atom is -0.759 e.